The van der Waals surface area contributed by atoms with E-state index in [0.717, 1.165) is 30.9 Å². The fourth-order valence-electron chi connectivity index (χ4n) is 1.33. The number of benzene rings is 1. The third kappa shape index (κ3) is 4.14. The Morgan fingerprint density at radius 3 is 2.80 bits per heavy atom. The van der Waals surface area contributed by atoms with Crippen molar-refractivity contribution in [3.05, 3.63) is 23.8 Å². The van der Waals surface area contributed by atoms with Crippen LogP contribution >= 0.6 is 11.8 Å². The first-order valence-corrected chi connectivity index (χ1v) is 6.24. The second-order valence-electron chi connectivity index (χ2n) is 3.50. The van der Waals surface area contributed by atoms with Gasteiger partial charge in [-0.25, -0.2) is 0 Å². The van der Waals surface area contributed by atoms with Gasteiger partial charge < -0.3 is 10.5 Å². The monoisotopic (exact) mass is 225 g/mol. The summed E-state index contributed by atoms with van der Waals surface area (Å²) in [5, 5.41) is 0. The van der Waals surface area contributed by atoms with Gasteiger partial charge in [0.25, 0.3) is 0 Å². The Morgan fingerprint density at radius 2 is 2.13 bits per heavy atom. The highest BCUT2D eigenvalue weighted by Crippen LogP contribution is 2.30. The molecule has 0 bridgehead atoms. The van der Waals surface area contributed by atoms with E-state index in [0.29, 0.717) is 0 Å². The summed E-state index contributed by atoms with van der Waals surface area (Å²) in [7, 11) is 1.72. The van der Waals surface area contributed by atoms with Crippen molar-refractivity contribution in [2.24, 2.45) is 5.73 Å². The molecule has 2 N–H and O–H groups in total. The molecule has 0 amide bonds. The normalized spacial score (nSPS) is 10.3. The molecule has 0 heterocycles. The molecule has 0 saturated carbocycles. The van der Waals surface area contributed by atoms with Crippen LogP contribution in [-0.2, 0) is 0 Å². The second kappa shape index (κ2) is 6.75. The molecule has 2 nitrogen and oxygen atoms in total. The fraction of sp³-hybridized carbons (Fsp3) is 0.500. The number of hydrogen-bond donors (Lipinski definition) is 1. The van der Waals surface area contributed by atoms with Crippen LogP contribution in [0.2, 0.25) is 0 Å². The van der Waals surface area contributed by atoms with Gasteiger partial charge in [0.2, 0.25) is 0 Å². The Kier molecular flexibility index (Phi) is 5.58. The van der Waals surface area contributed by atoms with Crippen molar-refractivity contribution in [1.29, 1.82) is 0 Å². The molecule has 84 valence electrons. The predicted octanol–water partition coefficient (Wildman–Crippen LogP) is 2.83. The van der Waals surface area contributed by atoms with E-state index in [1.54, 1.807) is 7.11 Å². The Hall–Kier alpha value is -0.670. The van der Waals surface area contributed by atoms with E-state index in [9.17, 15) is 0 Å². The predicted molar refractivity (Wildman–Crippen MR) is 66.7 cm³/mol. The molecule has 1 rings (SSSR count). The first-order chi connectivity index (χ1) is 7.27. The van der Waals surface area contributed by atoms with E-state index >= 15 is 0 Å². The Morgan fingerprint density at radius 1 is 1.33 bits per heavy atom. The van der Waals surface area contributed by atoms with E-state index in [2.05, 4.69) is 19.1 Å². The molecule has 0 spiro atoms. The fourth-order valence-corrected chi connectivity index (χ4v) is 2.46. The standard InChI is InChI=1S/C12H19NOS/c1-10-5-6-11(14-2)12(9-10)15-8-4-3-7-13/h5-6,9H,3-4,7-8,13H2,1-2H3. The summed E-state index contributed by atoms with van der Waals surface area (Å²) in [5.41, 5.74) is 6.73. The van der Waals surface area contributed by atoms with Crippen LogP contribution in [0.15, 0.2) is 23.1 Å². The highest BCUT2D eigenvalue weighted by Gasteiger charge is 2.03. The lowest BCUT2D eigenvalue weighted by Crippen LogP contribution is -1.98. The summed E-state index contributed by atoms with van der Waals surface area (Å²) < 4.78 is 5.31. The zero-order valence-electron chi connectivity index (χ0n) is 9.45. The number of hydrogen-bond acceptors (Lipinski definition) is 3. The van der Waals surface area contributed by atoms with Gasteiger partial charge in [0.05, 0.1) is 7.11 Å². The van der Waals surface area contributed by atoms with E-state index in [4.69, 9.17) is 10.5 Å². The van der Waals surface area contributed by atoms with Crippen molar-refractivity contribution >= 4 is 11.8 Å². The lowest BCUT2D eigenvalue weighted by molar-refractivity contribution is 0.404. The van der Waals surface area contributed by atoms with E-state index in [-0.39, 0.29) is 0 Å². The molecule has 0 unspecified atom stereocenters. The van der Waals surface area contributed by atoms with Gasteiger partial charge >= 0.3 is 0 Å². The van der Waals surface area contributed by atoms with Crippen molar-refractivity contribution < 1.29 is 4.74 Å². The Labute approximate surface area is 96.2 Å². The van der Waals surface area contributed by atoms with Crippen molar-refractivity contribution in [2.75, 3.05) is 19.4 Å². The maximum absolute atomic E-state index is 5.45. The molecule has 0 aliphatic rings. The van der Waals surface area contributed by atoms with Crippen molar-refractivity contribution in [2.45, 2.75) is 24.7 Å². The lowest BCUT2D eigenvalue weighted by atomic mass is 10.2. The lowest BCUT2D eigenvalue weighted by Gasteiger charge is -2.08. The molecule has 1 aromatic rings. The van der Waals surface area contributed by atoms with Crippen molar-refractivity contribution in [3.8, 4) is 5.75 Å². The summed E-state index contributed by atoms with van der Waals surface area (Å²) in [6.45, 7) is 2.88. The Balaban J connectivity index is 2.54. The number of ether oxygens (including phenoxy) is 1. The number of aryl methyl sites for hydroxylation is 1. The van der Waals surface area contributed by atoms with Gasteiger partial charge in [-0.15, -0.1) is 11.8 Å². The average Bonchev–Trinajstić information content (AvgIpc) is 2.25. The van der Waals surface area contributed by atoms with Gasteiger partial charge in [-0.1, -0.05) is 6.07 Å². The summed E-state index contributed by atoms with van der Waals surface area (Å²) in [4.78, 5) is 1.23. The maximum Gasteiger partial charge on any atom is 0.132 e. The summed E-state index contributed by atoms with van der Waals surface area (Å²) in [6, 6.07) is 6.27. The highest BCUT2D eigenvalue weighted by molar-refractivity contribution is 7.99. The maximum atomic E-state index is 5.45. The molecule has 0 aliphatic carbocycles. The van der Waals surface area contributed by atoms with Crippen molar-refractivity contribution in [1.82, 2.24) is 0 Å². The zero-order valence-corrected chi connectivity index (χ0v) is 10.3. The highest BCUT2D eigenvalue weighted by atomic mass is 32.2. The molecule has 3 heteroatoms. The van der Waals surface area contributed by atoms with Crippen LogP contribution in [-0.4, -0.2) is 19.4 Å². The van der Waals surface area contributed by atoms with Crippen LogP contribution in [0.3, 0.4) is 0 Å². The smallest absolute Gasteiger partial charge is 0.132 e. The number of methoxy groups -OCH3 is 1. The average molecular weight is 225 g/mol. The second-order valence-corrected chi connectivity index (χ2v) is 4.64. The molecule has 0 radical (unpaired) electrons. The minimum atomic E-state index is 0.783. The number of nitrogens with two attached hydrogens (primary N) is 1. The molecular formula is C12H19NOS. The van der Waals surface area contributed by atoms with Crippen LogP contribution in [0.5, 0.6) is 5.75 Å². The van der Waals surface area contributed by atoms with E-state index in [1.807, 2.05) is 17.8 Å². The number of rotatable bonds is 6. The third-order valence-corrected chi connectivity index (χ3v) is 3.30. The van der Waals surface area contributed by atoms with Gasteiger partial charge in [-0.3, -0.25) is 0 Å². The van der Waals surface area contributed by atoms with Gasteiger partial charge in [-0.2, -0.15) is 0 Å². The van der Waals surface area contributed by atoms with Gasteiger partial charge in [0.15, 0.2) is 0 Å². The molecule has 0 aliphatic heterocycles. The van der Waals surface area contributed by atoms with Gasteiger partial charge in [0, 0.05) is 4.90 Å². The molecule has 15 heavy (non-hydrogen) atoms. The van der Waals surface area contributed by atoms with Gasteiger partial charge in [-0.05, 0) is 49.8 Å². The van der Waals surface area contributed by atoms with Crippen LogP contribution < -0.4 is 10.5 Å². The molecule has 1 aromatic carbocycles. The zero-order chi connectivity index (χ0) is 11.1. The molecule has 0 saturated heterocycles. The van der Waals surface area contributed by atoms with E-state index in [1.165, 1.54) is 10.5 Å². The topological polar surface area (TPSA) is 35.2 Å². The van der Waals surface area contributed by atoms with Crippen LogP contribution in [0.1, 0.15) is 18.4 Å². The first-order valence-electron chi connectivity index (χ1n) is 5.25. The van der Waals surface area contributed by atoms with Crippen LogP contribution in [0, 0.1) is 6.92 Å². The summed E-state index contributed by atoms with van der Waals surface area (Å²) in [6.07, 6.45) is 2.26. The quantitative estimate of drug-likeness (QED) is 0.597. The summed E-state index contributed by atoms with van der Waals surface area (Å²) >= 11 is 1.85. The third-order valence-electron chi connectivity index (χ3n) is 2.18. The molecule has 0 atom stereocenters. The van der Waals surface area contributed by atoms with Crippen molar-refractivity contribution in [3.63, 3.8) is 0 Å². The van der Waals surface area contributed by atoms with E-state index < -0.39 is 0 Å². The minimum Gasteiger partial charge on any atom is -0.496 e. The number of unbranched alkanes of at least 4 members (excludes halogenated alkanes) is 1. The van der Waals surface area contributed by atoms with Crippen LogP contribution in [0.25, 0.3) is 0 Å². The Bertz CT molecular complexity index is 302. The molecule has 0 fully saturated rings. The number of thioether (sulfide) groups is 1. The van der Waals surface area contributed by atoms with Crippen LogP contribution in [0.4, 0.5) is 0 Å². The minimum absolute atomic E-state index is 0.783. The van der Waals surface area contributed by atoms with Gasteiger partial charge in [0.1, 0.15) is 5.75 Å². The summed E-state index contributed by atoms with van der Waals surface area (Å²) in [5.74, 6) is 2.08. The molecule has 0 aromatic heterocycles. The first kappa shape index (κ1) is 12.4. The molecular weight excluding hydrogens is 206 g/mol. The SMILES string of the molecule is COc1ccc(C)cc1SCCCCN. The largest absolute Gasteiger partial charge is 0.496 e.